The fraction of sp³-hybridized carbons (Fsp3) is 0.733. The van der Waals surface area contributed by atoms with Crippen LogP contribution in [0.15, 0.2) is 10.7 Å². The first-order valence-corrected chi connectivity index (χ1v) is 7.65. The van der Waals surface area contributed by atoms with Crippen molar-refractivity contribution in [3.8, 4) is 0 Å². The van der Waals surface area contributed by atoms with E-state index in [2.05, 4.69) is 4.98 Å². The number of likely N-dealkylation sites (tertiary alicyclic amines) is 1. The van der Waals surface area contributed by atoms with Gasteiger partial charge in [-0.1, -0.05) is 6.42 Å². The quantitative estimate of drug-likeness (QED) is 0.917. The number of rotatable bonds is 3. The molecule has 2 aliphatic rings. The third-order valence-corrected chi connectivity index (χ3v) is 4.95. The average molecular weight is 330 g/mol. The van der Waals surface area contributed by atoms with E-state index in [4.69, 9.17) is 14.9 Å². The molecule has 1 aliphatic carbocycles. The van der Waals surface area contributed by atoms with Crippen LogP contribution < -0.4 is 5.73 Å². The number of nitrogens with two attached hydrogens (primary N) is 1. The van der Waals surface area contributed by atoms with Crippen LogP contribution in [0.4, 0.5) is 0 Å². The maximum atomic E-state index is 12.6. The van der Waals surface area contributed by atoms with Gasteiger partial charge in [-0.3, -0.25) is 4.79 Å². The van der Waals surface area contributed by atoms with Gasteiger partial charge in [0.15, 0.2) is 5.69 Å². The predicted octanol–water partition coefficient (Wildman–Crippen LogP) is 1.98. The first kappa shape index (κ1) is 17.2. The second-order valence-corrected chi connectivity index (χ2v) is 6.14. The molecule has 2 fully saturated rings. The Bertz CT molecular complexity index is 522. The Morgan fingerprint density at radius 2 is 2.32 bits per heavy atom. The number of amides is 1. The van der Waals surface area contributed by atoms with Crippen molar-refractivity contribution >= 4 is 18.3 Å². The summed E-state index contributed by atoms with van der Waals surface area (Å²) in [5, 5.41) is 0. The van der Waals surface area contributed by atoms with Crippen LogP contribution in [0.5, 0.6) is 0 Å². The molecule has 1 aromatic heterocycles. The third-order valence-electron chi connectivity index (χ3n) is 4.95. The number of aromatic nitrogens is 1. The summed E-state index contributed by atoms with van der Waals surface area (Å²) in [4.78, 5) is 18.6. The van der Waals surface area contributed by atoms with E-state index in [1.54, 1.807) is 7.11 Å². The number of hydrogen-bond donors (Lipinski definition) is 1. The lowest BCUT2D eigenvalue weighted by Crippen LogP contribution is -2.49. The summed E-state index contributed by atoms with van der Waals surface area (Å²) >= 11 is 0. The number of carbonyl (C=O) groups excluding carboxylic acids is 1. The molecule has 7 heteroatoms. The topological polar surface area (TPSA) is 81.6 Å². The Morgan fingerprint density at radius 1 is 1.55 bits per heavy atom. The van der Waals surface area contributed by atoms with Crippen molar-refractivity contribution in [2.45, 2.75) is 44.8 Å². The molecule has 1 spiro atoms. The molecule has 124 valence electrons. The third kappa shape index (κ3) is 3.00. The molecule has 2 N–H and O–H groups in total. The molecule has 22 heavy (non-hydrogen) atoms. The van der Waals surface area contributed by atoms with E-state index in [0.717, 1.165) is 38.8 Å². The minimum atomic E-state index is -0.0562. The maximum Gasteiger partial charge on any atom is 0.275 e. The SMILES string of the molecule is CO[C@@H]1CCC[C@]12CCCN(C(=O)c1coc(CN)n1)C2.Cl. The number of oxazole rings is 1. The summed E-state index contributed by atoms with van der Waals surface area (Å²) in [5.74, 6) is 0.347. The van der Waals surface area contributed by atoms with Crippen LogP contribution in [-0.4, -0.2) is 42.1 Å². The maximum absolute atomic E-state index is 12.6. The van der Waals surface area contributed by atoms with Gasteiger partial charge in [0.1, 0.15) is 6.26 Å². The van der Waals surface area contributed by atoms with Crippen LogP contribution in [0.25, 0.3) is 0 Å². The zero-order chi connectivity index (χ0) is 14.9. The van der Waals surface area contributed by atoms with E-state index in [1.165, 1.54) is 12.7 Å². The second kappa shape index (κ2) is 6.98. The van der Waals surface area contributed by atoms with Gasteiger partial charge in [0.2, 0.25) is 5.89 Å². The standard InChI is InChI=1S/C15H23N3O3.ClH/c1-20-12-4-2-5-15(12)6-3-7-18(10-15)14(19)11-9-21-13(8-16)17-11;/h9,12H,2-8,10,16H2,1H3;1H/t12-,15-;/m1./s1. The van der Waals surface area contributed by atoms with Crippen molar-refractivity contribution in [2.24, 2.45) is 11.1 Å². The van der Waals surface area contributed by atoms with Crippen LogP contribution in [0, 0.1) is 5.41 Å². The summed E-state index contributed by atoms with van der Waals surface area (Å²) in [6.07, 6.45) is 7.26. The molecule has 1 aromatic rings. The minimum absolute atomic E-state index is 0. The van der Waals surface area contributed by atoms with Crippen LogP contribution in [0.2, 0.25) is 0 Å². The van der Waals surface area contributed by atoms with Gasteiger partial charge < -0.3 is 19.8 Å². The van der Waals surface area contributed by atoms with E-state index in [1.807, 2.05) is 4.90 Å². The van der Waals surface area contributed by atoms with Gasteiger partial charge in [0.25, 0.3) is 5.91 Å². The molecule has 1 saturated carbocycles. The first-order chi connectivity index (χ1) is 10.2. The van der Waals surface area contributed by atoms with Crippen LogP contribution in [-0.2, 0) is 11.3 Å². The highest BCUT2D eigenvalue weighted by molar-refractivity contribution is 5.92. The Kier molecular flexibility index (Phi) is 5.47. The monoisotopic (exact) mass is 329 g/mol. The predicted molar refractivity (Wildman–Crippen MR) is 83.9 cm³/mol. The summed E-state index contributed by atoms with van der Waals surface area (Å²) in [6, 6.07) is 0. The van der Waals surface area contributed by atoms with Gasteiger partial charge in [-0.2, -0.15) is 0 Å². The molecule has 2 atom stereocenters. The zero-order valence-electron chi connectivity index (χ0n) is 12.9. The lowest BCUT2D eigenvalue weighted by Gasteiger charge is -2.43. The molecule has 6 nitrogen and oxygen atoms in total. The smallest absolute Gasteiger partial charge is 0.275 e. The Morgan fingerprint density at radius 3 is 3.00 bits per heavy atom. The van der Waals surface area contributed by atoms with Crippen molar-refractivity contribution in [3.63, 3.8) is 0 Å². The molecule has 1 aliphatic heterocycles. The molecule has 2 heterocycles. The van der Waals surface area contributed by atoms with E-state index in [9.17, 15) is 4.79 Å². The number of nitrogens with zero attached hydrogens (tertiary/aromatic N) is 2. The molecule has 0 radical (unpaired) electrons. The highest BCUT2D eigenvalue weighted by atomic mass is 35.5. The molecule has 3 rings (SSSR count). The normalized spacial score (nSPS) is 27.9. The number of hydrogen-bond acceptors (Lipinski definition) is 5. The Labute approximate surface area is 136 Å². The van der Waals surface area contributed by atoms with Gasteiger partial charge in [-0.05, 0) is 25.7 Å². The Hall–Kier alpha value is -1.11. The zero-order valence-corrected chi connectivity index (χ0v) is 13.7. The van der Waals surface area contributed by atoms with Crippen molar-refractivity contribution in [2.75, 3.05) is 20.2 Å². The molecule has 0 aromatic carbocycles. The molecular weight excluding hydrogens is 306 g/mol. The minimum Gasteiger partial charge on any atom is -0.447 e. The number of methoxy groups -OCH3 is 1. The second-order valence-electron chi connectivity index (χ2n) is 6.14. The van der Waals surface area contributed by atoms with Gasteiger partial charge in [0.05, 0.1) is 12.6 Å². The van der Waals surface area contributed by atoms with E-state index in [-0.39, 0.29) is 36.4 Å². The summed E-state index contributed by atoms with van der Waals surface area (Å²) in [6.45, 7) is 1.75. The lowest BCUT2D eigenvalue weighted by atomic mass is 9.76. The first-order valence-electron chi connectivity index (χ1n) is 7.65. The van der Waals surface area contributed by atoms with Crippen LogP contribution in [0.3, 0.4) is 0 Å². The van der Waals surface area contributed by atoms with Crippen LogP contribution in [0.1, 0.15) is 48.5 Å². The number of piperidine rings is 1. The molecule has 1 saturated heterocycles. The van der Waals surface area contributed by atoms with Crippen LogP contribution >= 0.6 is 12.4 Å². The largest absolute Gasteiger partial charge is 0.447 e. The van der Waals surface area contributed by atoms with E-state index < -0.39 is 0 Å². The van der Waals surface area contributed by atoms with Crippen molar-refractivity contribution in [1.82, 2.24) is 9.88 Å². The highest BCUT2D eigenvalue weighted by Crippen LogP contribution is 2.46. The average Bonchev–Trinajstić information content (AvgIpc) is 3.13. The molecule has 1 amide bonds. The molecule has 0 bridgehead atoms. The number of ether oxygens (including phenoxy) is 1. The molecule has 0 unspecified atom stereocenters. The summed E-state index contributed by atoms with van der Waals surface area (Å²) in [5.41, 5.74) is 5.96. The number of halogens is 1. The number of carbonyl (C=O) groups is 1. The van der Waals surface area contributed by atoms with Gasteiger partial charge in [0, 0.05) is 25.6 Å². The fourth-order valence-corrected chi connectivity index (χ4v) is 3.94. The fourth-order valence-electron chi connectivity index (χ4n) is 3.94. The van der Waals surface area contributed by atoms with Gasteiger partial charge in [-0.15, -0.1) is 12.4 Å². The van der Waals surface area contributed by atoms with E-state index >= 15 is 0 Å². The lowest BCUT2D eigenvalue weighted by molar-refractivity contribution is -0.0296. The summed E-state index contributed by atoms with van der Waals surface area (Å²) in [7, 11) is 1.78. The van der Waals surface area contributed by atoms with Gasteiger partial charge in [-0.25, -0.2) is 4.98 Å². The summed E-state index contributed by atoms with van der Waals surface area (Å²) < 4.78 is 10.8. The van der Waals surface area contributed by atoms with Crippen molar-refractivity contribution in [3.05, 3.63) is 17.8 Å². The van der Waals surface area contributed by atoms with Crippen molar-refractivity contribution in [1.29, 1.82) is 0 Å². The van der Waals surface area contributed by atoms with Crippen molar-refractivity contribution < 1.29 is 13.9 Å². The Balaban J connectivity index is 0.00000176. The highest BCUT2D eigenvalue weighted by Gasteiger charge is 2.46. The van der Waals surface area contributed by atoms with E-state index in [0.29, 0.717) is 11.6 Å². The van der Waals surface area contributed by atoms with Gasteiger partial charge >= 0.3 is 0 Å². The molecular formula is C15H24ClN3O3.